The van der Waals surface area contributed by atoms with Crippen molar-refractivity contribution in [2.45, 2.75) is 31.3 Å². The van der Waals surface area contributed by atoms with Crippen LogP contribution >= 0.6 is 0 Å². The minimum absolute atomic E-state index is 0.0710. The molecule has 1 atom stereocenters. The molecule has 0 aliphatic rings. The largest absolute Gasteiger partial charge is 0.481 e. The third-order valence-electron chi connectivity index (χ3n) is 3.40. The molecule has 2 aromatic carbocycles. The number of rotatable bonds is 7. The van der Waals surface area contributed by atoms with E-state index in [0.29, 0.717) is 17.9 Å². The van der Waals surface area contributed by atoms with E-state index in [1.807, 2.05) is 29.8 Å². The lowest BCUT2D eigenvalue weighted by molar-refractivity contribution is -0.122. The van der Waals surface area contributed by atoms with E-state index in [0.717, 1.165) is 6.92 Å². The average Bonchev–Trinajstić information content (AvgIpc) is 2.60. The molecular weight excluding hydrogens is 356 g/mol. The fourth-order valence-electron chi connectivity index (χ4n) is 2.17. The van der Waals surface area contributed by atoms with Crippen LogP contribution in [0, 0.1) is 0 Å². The number of carbonyl (C=O) groups is 2. The van der Waals surface area contributed by atoms with Gasteiger partial charge in [-0.1, -0.05) is 25.1 Å². The van der Waals surface area contributed by atoms with Crippen LogP contribution in [0.25, 0.3) is 0 Å². The molecule has 0 bridgehead atoms. The van der Waals surface area contributed by atoms with Gasteiger partial charge in [0.05, 0.1) is 4.90 Å². The van der Waals surface area contributed by atoms with Crippen LogP contribution in [0.1, 0.15) is 20.3 Å². The Kier molecular flexibility index (Phi) is 6.35. The van der Waals surface area contributed by atoms with Crippen molar-refractivity contribution in [1.82, 2.24) is 4.72 Å². The lowest BCUT2D eigenvalue weighted by Crippen LogP contribution is -2.32. The molecule has 0 aliphatic carbocycles. The maximum atomic E-state index is 12.4. The summed E-state index contributed by atoms with van der Waals surface area (Å²) in [5, 5.41) is 2.69. The Morgan fingerprint density at radius 2 is 1.65 bits per heavy atom. The molecule has 138 valence electrons. The molecule has 8 heteroatoms. The Morgan fingerprint density at radius 3 is 2.19 bits per heavy atom. The van der Waals surface area contributed by atoms with Crippen molar-refractivity contribution < 1.29 is 22.7 Å². The predicted molar refractivity (Wildman–Crippen MR) is 97.2 cm³/mol. The van der Waals surface area contributed by atoms with Gasteiger partial charge < -0.3 is 10.1 Å². The summed E-state index contributed by atoms with van der Waals surface area (Å²) in [6.45, 7) is 2.94. The quantitative estimate of drug-likeness (QED) is 0.772. The third kappa shape index (κ3) is 5.32. The normalized spacial score (nSPS) is 12.1. The molecule has 0 saturated carbocycles. The molecule has 0 unspecified atom stereocenters. The highest BCUT2D eigenvalue weighted by Crippen LogP contribution is 2.17. The van der Waals surface area contributed by atoms with Crippen molar-refractivity contribution in [2.24, 2.45) is 0 Å². The van der Waals surface area contributed by atoms with Gasteiger partial charge >= 0.3 is 0 Å². The number of nitrogens with one attached hydrogen (secondary N) is 2. The molecule has 2 amide bonds. The van der Waals surface area contributed by atoms with Crippen LogP contribution in [0.3, 0.4) is 0 Å². The van der Waals surface area contributed by atoms with Crippen LogP contribution in [0.2, 0.25) is 0 Å². The molecule has 0 aliphatic heterocycles. The first kappa shape index (κ1) is 19.5. The summed E-state index contributed by atoms with van der Waals surface area (Å²) in [5.74, 6) is -0.425. The first-order valence-electron chi connectivity index (χ1n) is 7.98. The molecule has 2 N–H and O–H groups in total. The number of ether oxygens (including phenoxy) is 1. The molecule has 2 rings (SSSR count). The van der Waals surface area contributed by atoms with Gasteiger partial charge in [0.25, 0.3) is 15.9 Å². The highest BCUT2D eigenvalue weighted by atomic mass is 32.2. The molecule has 0 fully saturated rings. The van der Waals surface area contributed by atoms with Gasteiger partial charge in [-0.2, -0.15) is 0 Å². The van der Waals surface area contributed by atoms with Crippen molar-refractivity contribution in [3.05, 3.63) is 54.6 Å². The van der Waals surface area contributed by atoms with Crippen molar-refractivity contribution in [2.75, 3.05) is 5.32 Å². The molecule has 26 heavy (non-hydrogen) atoms. The monoisotopic (exact) mass is 376 g/mol. The van der Waals surface area contributed by atoms with Gasteiger partial charge in [-0.3, -0.25) is 9.59 Å². The van der Waals surface area contributed by atoms with Gasteiger partial charge in [-0.25, -0.2) is 13.1 Å². The molecule has 0 heterocycles. The zero-order valence-corrected chi connectivity index (χ0v) is 15.2. The minimum atomic E-state index is -3.90. The van der Waals surface area contributed by atoms with E-state index in [4.69, 9.17) is 4.74 Å². The van der Waals surface area contributed by atoms with Crippen LogP contribution in [0.4, 0.5) is 5.69 Å². The van der Waals surface area contributed by atoms with E-state index in [9.17, 15) is 18.0 Å². The summed E-state index contributed by atoms with van der Waals surface area (Å²) >= 11 is 0. The van der Waals surface area contributed by atoms with E-state index in [1.54, 1.807) is 12.1 Å². The molecule has 0 saturated heterocycles. The van der Waals surface area contributed by atoms with E-state index >= 15 is 0 Å². The second kappa shape index (κ2) is 8.48. The number of para-hydroxylation sites is 1. The van der Waals surface area contributed by atoms with E-state index in [-0.39, 0.29) is 10.8 Å². The van der Waals surface area contributed by atoms with Gasteiger partial charge in [-0.05, 0) is 42.8 Å². The third-order valence-corrected chi connectivity index (χ3v) is 4.84. The van der Waals surface area contributed by atoms with Crippen molar-refractivity contribution in [3.63, 3.8) is 0 Å². The Balaban J connectivity index is 2.05. The van der Waals surface area contributed by atoms with Crippen molar-refractivity contribution in [3.8, 4) is 5.75 Å². The van der Waals surface area contributed by atoms with Crippen LogP contribution < -0.4 is 14.8 Å². The first-order valence-corrected chi connectivity index (χ1v) is 9.46. The van der Waals surface area contributed by atoms with Crippen molar-refractivity contribution >= 4 is 27.5 Å². The summed E-state index contributed by atoms with van der Waals surface area (Å²) in [4.78, 5) is 23.2. The topological polar surface area (TPSA) is 102 Å². The predicted octanol–water partition coefficient (Wildman–Crippen LogP) is 2.31. The van der Waals surface area contributed by atoms with Crippen LogP contribution in [0.15, 0.2) is 59.5 Å². The van der Waals surface area contributed by atoms with Gasteiger partial charge in [0.2, 0.25) is 5.91 Å². The molecule has 2 aromatic rings. The number of hydrogen-bond acceptors (Lipinski definition) is 5. The number of carbonyl (C=O) groups excluding carboxylic acids is 2. The van der Waals surface area contributed by atoms with E-state index < -0.39 is 22.0 Å². The zero-order valence-electron chi connectivity index (χ0n) is 14.4. The molecule has 0 aromatic heterocycles. The first-order chi connectivity index (χ1) is 12.3. The number of anilines is 1. The van der Waals surface area contributed by atoms with E-state index in [2.05, 4.69) is 5.32 Å². The summed E-state index contributed by atoms with van der Waals surface area (Å²) in [5.41, 5.74) is 0.423. The zero-order chi connectivity index (χ0) is 19.2. The minimum Gasteiger partial charge on any atom is -0.481 e. The number of benzene rings is 2. The Bertz CT molecular complexity index is 864. The number of hydrogen-bond donors (Lipinski definition) is 2. The fourth-order valence-corrected chi connectivity index (χ4v) is 3.16. The fraction of sp³-hybridized carbons (Fsp3) is 0.222. The smallest absolute Gasteiger partial charge is 0.265 e. The highest BCUT2D eigenvalue weighted by molar-refractivity contribution is 7.90. The maximum absolute atomic E-state index is 12.4. The summed E-state index contributed by atoms with van der Waals surface area (Å²) in [7, 11) is -3.90. The second-order valence-corrected chi connectivity index (χ2v) is 7.19. The second-order valence-electron chi connectivity index (χ2n) is 5.50. The summed E-state index contributed by atoms with van der Waals surface area (Å²) in [6, 6.07) is 14.5. The molecule has 0 radical (unpaired) electrons. The average molecular weight is 376 g/mol. The number of sulfonamides is 1. The summed E-state index contributed by atoms with van der Waals surface area (Å²) in [6.07, 6.45) is -0.212. The van der Waals surface area contributed by atoms with Crippen LogP contribution in [-0.4, -0.2) is 26.3 Å². The molecule has 7 nitrogen and oxygen atoms in total. The Labute approximate surface area is 152 Å². The molecular formula is C18H20N2O5S. The SMILES string of the molecule is CC[C@@H](Oc1ccccc1)C(=O)Nc1ccc(S(=O)(=O)NC(C)=O)cc1. The highest BCUT2D eigenvalue weighted by Gasteiger charge is 2.19. The van der Waals surface area contributed by atoms with Crippen LogP contribution in [0.5, 0.6) is 5.75 Å². The van der Waals surface area contributed by atoms with Crippen LogP contribution in [-0.2, 0) is 19.6 Å². The number of amides is 2. The van der Waals surface area contributed by atoms with Gasteiger partial charge in [0.15, 0.2) is 6.10 Å². The molecule has 0 spiro atoms. The van der Waals surface area contributed by atoms with Gasteiger partial charge in [0, 0.05) is 12.6 Å². The van der Waals surface area contributed by atoms with Crippen molar-refractivity contribution in [1.29, 1.82) is 0 Å². The Morgan fingerprint density at radius 1 is 1.04 bits per heavy atom. The van der Waals surface area contributed by atoms with Gasteiger partial charge in [-0.15, -0.1) is 0 Å². The summed E-state index contributed by atoms with van der Waals surface area (Å²) < 4.78 is 31.3. The lowest BCUT2D eigenvalue weighted by Gasteiger charge is -2.17. The maximum Gasteiger partial charge on any atom is 0.265 e. The lowest BCUT2D eigenvalue weighted by atomic mass is 10.2. The Hall–Kier alpha value is -2.87. The standard InChI is InChI=1S/C18H20N2O5S/c1-3-17(25-15-7-5-4-6-8-15)18(22)19-14-9-11-16(12-10-14)26(23,24)20-13(2)21/h4-12,17H,3H2,1-2H3,(H,19,22)(H,20,21)/t17-/m1/s1. The van der Waals surface area contributed by atoms with Gasteiger partial charge in [0.1, 0.15) is 5.75 Å². The van der Waals surface area contributed by atoms with E-state index in [1.165, 1.54) is 24.3 Å².